The molecule has 0 bridgehead atoms. The molecule has 132 valence electrons. The molecule has 1 fully saturated rings. The molecule has 1 aromatic heterocycles. The molecule has 7 heteroatoms. The van der Waals surface area contributed by atoms with Crippen LogP contribution in [0.15, 0.2) is 30.5 Å². The van der Waals surface area contributed by atoms with Gasteiger partial charge in [0, 0.05) is 31.4 Å². The number of rotatable bonds is 5. The molecule has 7 nitrogen and oxygen atoms in total. The van der Waals surface area contributed by atoms with E-state index in [0.717, 1.165) is 11.3 Å². The third-order valence-corrected chi connectivity index (χ3v) is 4.14. The molecule has 1 amide bonds. The van der Waals surface area contributed by atoms with Crippen molar-refractivity contribution in [1.82, 2.24) is 14.9 Å². The van der Waals surface area contributed by atoms with Crippen molar-refractivity contribution < 1.29 is 14.3 Å². The molecule has 1 aliphatic rings. The average molecular weight is 342 g/mol. The number of nitrogens with one attached hydrogen (secondary N) is 1. The van der Waals surface area contributed by atoms with Crippen molar-refractivity contribution in [3.05, 3.63) is 47.3 Å². The first-order valence-electron chi connectivity index (χ1n) is 8.25. The van der Waals surface area contributed by atoms with E-state index in [4.69, 9.17) is 9.47 Å². The van der Waals surface area contributed by atoms with Crippen molar-refractivity contribution in [2.45, 2.75) is 13.5 Å². The van der Waals surface area contributed by atoms with Gasteiger partial charge in [-0.3, -0.25) is 4.79 Å². The minimum absolute atomic E-state index is 0.0444. The molecule has 0 radical (unpaired) electrons. The number of anilines is 1. The van der Waals surface area contributed by atoms with Crippen LogP contribution in [0.4, 0.5) is 5.95 Å². The van der Waals surface area contributed by atoms with Crippen LogP contribution in [0.1, 0.15) is 21.6 Å². The van der Waals surface area contributed by atoms with Crippen molar-refractivity contribution in [3.63, 3.8) is 0 Å². The van der Waals surface area contributed by atoms with Gasteiger partial charge in [-0.15, -0.1) is 0 Å². The number of amides is 1. The lowest BCUT2D eigenvalue weighted by molar-refractivity contribution is 0.0302. The third-order valence-electron chi connectivity index (χ3n) is 4.14. The van der Waals surface area contributed by atoms with E-state index in [1.54, 1.807) is 18.2 Å². The Hall–Kier alpha value is -2.67. The minimum Gasteiger partial charge on any atom is -0.496 e. The monoisotopic (exact) mass is 342 g/mol. The molecular formula is C18H22N4O3. The van der Waals surface area contributed by atoms with Crippen LogP contribution >= 0.6 is 0 Å². The number of methoxy groups -OCH3 is 1. The first-order valence-corrected chi connectivity index (χ1v) is 8.25. The molecule has 3 rings (SSSR count). The minimum atomic E-state index is -0.0444. The number of carbonyl (C=O) groups excluding carboxylic acids is 1. The number of hydrogen-bond donors (Lipinski definition) is 1. The Morgan fingerprint density at radius 2 is 2.08 bits per heavy atom. The smallest absolute Gasteiger partial charge is 0.257 e. The van der Waals surface area contributed by atoms with Crippen LogP contribution in [-0.2, 0) is 11.3 Å². The second kappa shape index (κ2) is 7.94. The first kappa shape index (κ1) is 17.2. The summed E-state index contributed by atoms with van der Waals surface area (Å²) in [5.74, 6) is 1.25. The zero-order chi connectivity index (χ0) is 17.6. The summed E-state index contributed by atoms with van der Waals surface area (Å²) in [5.41, 5.74) is 2.21. The van der Waals surface area contributed by atoms with Crippen LogP contribution < -0.4 is 10.1 Å². The van der Waals surface area contributed by atoms with E-state index >= 15 is 0 Å². The molecule has 0 aliphatic carbocycles. The predicted octanol–water partition coefficient (Wildman–Crippen LogP) is 1.88. The molecule has 2 heterocycles. The van der Waals surface area contributed by atoms with Gasteiger partial charge < -0.3 is 19.7 Å². The summed E-state index contributed by atoms with van der Waals surface area (Å²) >= 11 is 0. The van der Waals surface area contributed by atoms with E-state index in [0.29, 0.717) is 50.1 Å². The number of carbonyl (C=O) groups is 1. The van der Waals surface area contributed by atoms with E-state index in [1.807, 2.05) is 31.2 Å². The lowest BCUT2D eigenvalue weighted by Crippen LogP contribution is -2.41. The Balaban J connectivity index is 1.68. The van der Waals surface area contributed by atoms with Crippen molar-refractivity contribution in [3.8, 4) is 5.75 Å². The highest BCUT2D eigenvalue weighted by atomic mass is 16.5. The highest BCUT2D eigenvalue weighted by Crippen LogP contribution is 2.18. The maximum atomic E-state index is 12.5. The summed E-state index contributed by atoms with van der Waals surface area (Å²) in [6.07, 6.45) is 1.59. The molecule has 1 aromatic carbocycles. The number of nitrogens with zero attached hydrogens (tertiary/aromatic N) is 3. The molecule has 2 aromatic rings. The van der Waals surface area contributed by atoms with Gasteiger partial charge >= 0.3 is 0 Å². The number of benzene rings is 1. The zero-order valence-electron chi connectivity index (χ0n) is 14.5. The number of aromatic nitrogens is 2. The summed E-state index contributed by atoms with van der Waals surface area (Å²) in [4.78, 5) is 23.0. The fraction of sp³-hybridized carbons (Fsp3) is 0.389. The Labute approximate surface area is 147 Å². The summed E-state index contributed by atoms with van der Waals surface area (Å²) in [6.45, 7) is 4.72. The van der Waals surface area contributed by atoms with Gasteiger partial charge in [-0.2, -0.15) is 0 Å². The highest BCUT2D eigenvalue weighted by molar-refractivity contribution is 5.95. The summed E-state index contributed by atoms with van der Waals surface area (Å²) in [5, 5.41) is 3.18. The largest absolute Gasteiger partial charge is 0.496 e. The van der Waals surface area contributed by atoms with Gasteiger partial charge in [0.05, 0.1) is 31.6 Å². The maximum Gasteiger partial charge on any atom is 0.257 e. The normalized spacial score (nSPS) is 14.2. The van der Waals surface area contributed by atoms with Crippen LogP contribution in [0, 0.1) is 6.92 Å². The zero-order valence-corrected chi connectivity index (χ0v) is 14.5. The number of morpholine rings is 1. The summed E-state index contributed by atoms with van der Waals surface area (Å²) in [7, 11) is 1.64. The van der Waals surface area contributed by atoms with Crippen LogP contribution in [-0.4, -0.2) is 54.2 Å². The second-order valence-electron chi connectivity index (χ2n) is 5.76. The topological polar surface area (TPSA) is 76.6 Å². The van der Waals surface area contributed by atoms with Gasteiger partial charge in [0.25, 0.3) is 5.91 Å². The summed E-state index contributed by atoms with van der Waals surface area (Å²) < 4.78 is 10.6. The highest BCUT2D eigenvalue weighted by Gasteiger charge is 2.21. The number of ether oxygens (including phenoxy) is 2. The fourth-order valence-electron chi connectivity index (χ4n) is 2.72. The Bertz CT molecular complexity index is 745. The molecule has 0 atom stereocenters. The Morgan fingerprint density at radius 1 is 1.32 bits per heavy atom. The SMILES string of the molecule is COc1ccccc1CNc1ncc(C(=O)N2CCOCC2)c(C)n1. The van der Waals surface area contributed by atoms with E-state index in [2.05, 4.69) is 15.3 Å². The van der Waals surface area contributed by atoms with Crippen molar-refractivity contribution in [2.75, 3.05) is 38.7 Å². The predicted molar refractivity (Wildman–Crippen MR) is 93.8 cm³/mol. The number of hydrogen-bond acceptors (Lipinski definition) is 6. The molecule has 0 spiro atoms. The molecule has 1 N–H and O–H groups in total. The second-order valence-corrected chi connectivity index (χ2v) is 5.76. The Morgan fingerprint density at radius 3 is 2.80 bits per heavy atom. The van der Waals surface area contributed by atoms with Gasteiger partial charge in [-0.25, -0.2) is 9.97 Å². The number of aryl methyl sites for hydroxylation is 1. The van der Waals surface area contributed by atoms with E-state index < -0.39 is 0 Å². The summed E-state index contributed by atoms with van der Waals surface area (Å²) in [6, 6.07) is 7.77. The van der Waals surface area contributed by atoms with E-state index in [1.165, 1.54) is 0 Å². The maximum absolute atomic E-state index is 12.5. The lowest BCUT2D eigenvalue weighted by atomic mass is 10.2. The quantitative estimate of drug-likeness (QED) is 0.894. The first-order chi connectivity index (χ1) is 12.2. The van der Waals surface area contributed by atoms with Crippen LogP contribution in [0.5, 0.6) is 5.75 Å². The fourth-order valence-corrected chi connectivity index (χ4v) is 2.72. The van der Waals surface area contributed by atoms with Crippen LogP contribution in [0.25, 0.3) is 0 Å². The van der Waals surface area contributed by atoms with Crippen LogP contribution in [0.3, 0.4) is 0 Å². The van der Waals surface area contributed by atoms with Gasteiger partial charge in [-0.1, -0.05) is 18.2 Å². The van der Waals surface area contributed by atoms with Crippen LogP contribution in [0.2, 0.25) is 0 Å². The number of para-hydroxylation sites is 1. The lowest BCUT2D eigenvalue weighted by Gasteiger charge is -2.27. The van der Waals surface area contributed by atoms with E-state index in [-0.39, 0.29) is 5.91 Å². The standard InChI is InChI=1S/C18H22N4O3/c1-13-15(17(23)22-7-9-25-10-8-22)12-20-18(21-13)19-11-14-5-3-4-6-16(14)24-2/h3-6,12H,7-11H2,1-2H3,(H,19,20,21). The van der Waals surface area contributed by atoms with Crippen molar-refractivity contribution in [2.24, 2.45) is 0 Å². The van der Waals surface area contributed by atoms with Gasteiger partial charge in [0.2, 0.25) is 5.95 Å². The average Bonchev–Trinajstić information content (AvgIpc) is 2.67. The molecule has 0 unspecified atom stereocenters. The molecule has 1 saturated heterocycles. The molecule has 25 heavy (non-hydrogen) atoms. The van der Waals surface area contributed by atoms with Crippen molar-refractivity contribution >= 4 is 11.9 Å². The van der Waals surface area contributed by atoms with Gasteiger partial charge in [0.1, 0.15) is 5.75 Å². The third kappa shape index (κ3) is 4.06. The van der Waals surface area contributed by atoms with E-state index in [9.17, 15) is 4.79 Å². The molecule has 0 saturated carbocycles. The Kier molecular flexibility index (Phi) is 5.45. The van der Waals surface area contributed by atoms with Gasteiger partial charge in [-0.05, 0) is 13.0 Å². The van der Waals surface area contributed by atoms with Gasteiger partial charge in [0.15, 0.2) is 0 Å². The molecular weight excluding hydrogens is 320 g/mol. The van der Waals surface area contributed by atoms with Crippen molar-refractivity contribution in [1.29, 1.82) is 0 Å². The molecule has 1 aliphatic heterocycles.